The molecule has 28 heavy (non-hydrogen) atoms. The van der Waals surface area contributed by atoms with Crippen LogP contribution in [0.3, 0.4) is 0 Å². The topological polar surface area (TPSA) is 38.1 Å². The van der Waals surface area contributed by atoms with Crippen LogP contribution < -0.4 is 0 Å². The largest absolute Gasteiger partial charge is 0.336 e. The standard InChI is InChI=1S/C23H24ClN3O/c24-22-11-5-4-9-19(22)16-26-17-20(15-25-26)23(28)27-14-6-10-21(27)13-12-18-7-2-1-3-8-18/h1-5,7-9,11,15,17,21H,6,10,12-14,16H2. The van der Waals surface area contributed by atoms with Crippen molar-refractivity contribution in [2.75, 3.05) is 6.54 Å². The van der Waals surface area contributed by atoms with Crippen molar-refractivity contribution in [1.82, 2.24) is 14.7 Å². The second-order valence-electron chi connectivity index (χ2n) is 7.34. The molecule has 1 saturated heterocycles. The molecule has 144 valence electrons. The van der Waals surface area contributed by atoms with Gasteiger partial charge in [-0.1, -0.05) is 60.1 Å². The molecule has 0 radical (unpaired) electrons. The van der Waals surface area contributed by atoms with Gasteiger partial charge in [-0.15, -0.1) is 0 Å². The van der Waals surface area contributed by atoms with Gasteiger partial charge in [0.25, 0.3) is 5.91 Å². The molecule has 5 heteroatoms. The Morgan fingerprint density at radius 2 is 1.89 bits per heavy atom. The number of hydrogen-bond acceptors (Lipinski definition) is 2. The van der Waals surface area contributed by atoms with E-state index in [1.165, 1.54) is 5.56 Å². The molecular formula is C23H24ClN3O. The highest BCUT2D eigenvalue weighted by Crippen LogP contribution is 2.24. The van der Waals surface area contributed by atoms with E-state index in [1.807, 2.05) is 41.4 Å². The van der Waals surface area contributed by atoms with Crippen molar-refractivity contribution in [3.63, 3.8) is 0 Å². The molecule has 3 aromatic rings. The Morgan fingerprint density at radius 1 is 1.11 bits per heavy atom. The number of carbonyl (C=O) groups excluding carboxylic acids is 1. The summed E-state index contributed by atoms with van der Waals surface area (Å²) >= 11 is 6.24. The van der Waals surface area contributed by atoms with E-state index in [2.05, 4.69) is 29.4 Å². The number of benzene rings is 2. The third kappa shape index (κ3) is 4.28. The van der Waals surface area contributed by atoms with Gasteiger partial charge in [0.1, 0.15) is 0 Å². The summed E-state index contributed by atoms with van der Waals surface area (Å²) in [4.78, 5) is 15.1. The van der Waals surface area contributed by atoms with Crippen LogP contribution in [0.2, 0.25) is 5.02 Å². The fraction of sp³-hybridized carbons (Fsp3) is 0.304. The highest BCUT2D eigenvalue weighted by atomic mass is 35.5. The number of carbonyl (C=O) groups is 1. The Kier molecular flexibility index (Phi) is 5.77. The van der Waals surface area contributed by atoms with Crippen molar-refractivity contribution in [3.8, 4) is 0 Å². The van der Waals surface area contributed by atoms with Gasteiger partial charge in [0.05, 0.1) is 18.3 Å². The van der Waals surface area contributed by atoms with E-state index in [9.17, 15) is 4.79 Å². The number of aromatic nitrogens is 2. The van der Waals surface area contributed by atoms with Crippen LogP contribution in [-0.4, -0.2) is 33.2 Å². The molecule has 2 heterocycles. The van der Waals surface area contributed by atoms with Crippen LogP contribution in [-0.2, 0) is 13.0 Å². The number of likely N-dealkylation sites (tertiary alicyclic amines) is 1. The van der Waals surface area contributed by atoms with Gasteiger partial charge in [-0.3, -0.25) is 9.48 Å². The highest BCUT2D eigenvalue weighted by Gasteiger charge is 2.29. The molecule has 1 unspecified atom stereocenters. The van der Waals surface area contributed by atoms with Crippen molar-refractivity contribution in [1.29, 1.82) is 0 Å². The van der Waals surface area contributed by atoms with E-state index in [1.54, 1.807) is 10.9 Å². The maximum absolute atomic E-state index is 13.0. The zero-order valence-corrected chi connectivity index (χ0v) is 16.6. The van der Waals surface area contributed by atoms with Gasteiger partial charge in [-0.2, -0.15) is 5.10 Å². The monoisotopic (exact) mass is 393 g/mol. The third-order valence-electron chi connectivity index (χ3n) is 5.42. The normalized spacial score (nSPS) is 16.5. The van der Waals surface area contributed by atoms with Crippen LogP contribution in [0.1, 0.15) is 40.7 Å². The SMILES string of the molecule is O=C(c1cnn(Cc2ccccc2Cl)c1)N1CCCC1CCc1ccccc1. The maximum Gasteiger partial charge on any atom is 0.257 e. The van der Waals surface area contributed by atoms with E-state index in [4.69, 9.17) is 11.6 Å². The van der Waals surface area contributed by atoms with Crippen molar-refractivity contribution >= 4 is 17.5 Å². The molecule has 0 spiro atoms. The second kappa shape index (κ2) is 8.61. The van der Waals surface area contributed by atoms with Crippen LogP contribution in [0.5, 0.6) is 0 Å². The summed E-state index contributed by atoms with van der Waals surface area (Å²) in [7, 11) is 0. The summed E-state index contributed by atoms with van der Waals surface area (Å²) < 4.78 is 1.78. The summed E-state index contributed by atoms with van der Waals surface area (Å²) in [5.41, 5.74) is 2.97. The quantitative estimate of drug-likeness (QED) is 0.602. The van der Waals surface area contributed by atoms with Gasteiger partial charge in [-0.25, -0.2) is 0 Å². The van der Waals surface area contributed by atoms with Gasteiger partial charge >= 0.3 is 0 Å². The molecule has 0 aliphatic carbocycles. The first-order valence-corrected chi connectivity index (χ1v) is 10.2. The van der Waals surface area contributed by atoms with Gasteiger partial charge < -0.3 is 4.90 Å². The van der Waals surface area contributed by atoms with E-state index >= 15 is 0 Å². The first-order valence-electron chi connectivity index (χ1n) is 9.81. The Bertz CT molecular complexity index is 938. The Balaban J connectivity index is 1.41. The number of halogens is 1. The minimum atomic E-state index is 0.0842. The molecule has 1 atom stereocenters. The fourth-order valence-corrected chi connectivity index (χ4v) is 4.10. The second-order valence-corrected chi connectivity index (χ2v) is 7.74. The van der Waals surface area contributed by atoms with Gasteiger partial charge in [0.15, 0.2) is 0 Å². The summed E-state index contributed by atoms with van der Waals surface area (Å²) in [5.74, 6) is 0.0842. The molecule has 1 aromatic heterocycles. The van der Waals surface area contributed by atoms with Crippen molar-refractivity contribution < 1.29 is 4.79 Å². The molecule has 4 rings (SSSR count). The van der Waals surface area contributed by atoms with Crippen LogP contribution >= 0.6 is 11.6 Å². The average molecular weight is 394 g/mol. The summed E-state index contributed by atoms with van der Waals surface area (Å²) in [6, 6.07) is 18.5. The van der Waals surface area contributed by atoms with Gasteiger partial charge in [0, 0.05) is 23.8 Å². The number of aryl methyl sites for hydroxylation is 1. The molecular weight excluding hydrogens is 370 g/mol. The van der Waals surface area contributed by atoms with Gasteiger partial charge in [0.2, 0.25) is 0 Å². The van der Waals surface area contributed by atoms with Crippen molar-refractivity contribution in [3.05, 3.63) is 88.7 Å². The van der Waals surface area contributed by atoms with Crippen LogP contribution in [0.25, 0.3) is 0 Å². The van der Waals surface area contributed by atoms with Crippen molar-refractivity contribution in [2.45, 2.75) is 38.3 Å². The van der Waals surface area contributed by atoms with Crippen LogP contribution in [0.15, 0.2) is 67.0 Å². The van der Waals surface area contributed by atoms with E-state index in [-0.39, 0.29) is 5.91 Å². The maximum atomic E-state index is 13.0. The van der Waals surface area contributed by atoms with E-state index in [0.717, 1.165) is 37.8 Å². The molecule has 0 bridgehead atoms. The molecule has 0 N–H and O–H groups in total. The molecule has 0 saturated carbocycles. The first kappa shape index (κ1) is 18.8. The molecule has 1 amide bonds. The number of nitrogens with zero attached hydrogens (tertiary/aromatic N) is 3. The first-order chi connectivity index (χ1) is 13.7. The summed E-state index contributed by atoms with van der Waals surface area (Å²) in [6.07, 6.45) is 7.65. The molecule has 1 aliphatic heterocycles. The lowest BCUT2D eigenvalue weighted by Crippen LogP contribution is -2.35. The Hall–Kier alpha value is -2.59. The van der Waals surface area contributed by atoms with Crippen LogP contribution in [0, 0.1) is 0 Å². The Morgan fingerprint density at radius 3 is 2.71 bits per heavy atom. The predicted molar refractivity (Wildman–Crippen MR) is 112 cm³/mol. The number of rotatable bonds is 6. The molecule has 1 fully saturated rings. The average Bonchev–Trinajstić information content (AvgIpc) is 3.38. The molecule has 1 aliphatic rings. The zero-order chi connectivity index (χ0) is 19.3. The Labute approximate surface area is 170 Å². The fourth-order valence-electron chi connectivity index (χ4n) is 3.91. The molecule has 4 nitrogen and oxygen atoms in total. The minimum absolute atomic E-state index is 0.0842. The van der Waals surface area contributed by atoms with E-state index in [0.29, 0.717) is 23.2 Å². The smallest absolute Gasteiger partial charge is 0.257 e. The van der Waals surface area contributed by atoms with Crippen LogP contribution in [0.4, 0.5) is 0 Å². The van der Waals surface area contributed by atoms with Crippen molar-refractivity contribution in [2.24, 2.45) is 0 Å². The van der Waals surface area contributed by atoms with Gasteiger partial charge in [-0.05, 0) is 42.9 Å². The highest BCUT2D eigenvalue weighted by molar-refractivity contribution is 6.31. The molecule has 2 aromatic carbocycles. The minimum Gasteiger partial charge on any atom is -0.336 e. The predicted octanol–water partition coefficient (Wildman–Crippen LogP) is 4.82. The zero-order valence-electron chi connectivity index (χ0n) is 15.8. The van der Waals surface area contributed by atoms with E-state index < -0.39 is 0 Å². The summed E-state index contributed by atoms with van der Waals surface area (Å²) in [5, 5.41) is 5.09. The lowest BCUT2D eigenvalue weighted by atomic mass is 10.0. The number of amides is 1. The lowest BCUT2D eigenvalue weighted by Gasteiger charge is -2.24. The number of hydrogen-bond donors (Lipinski definition) is 0. The third-order valence-corrected chi connectivity index (χ3v) is 5.79. The lowest BCUT2D eigenvalue weighted by molar-refractivity contribution is 0.0730. The summed E-state index contributed by atoms with van der Waals surface area (Å²) in [6.45, 7) is 1.39.